The van der Waals surface area contributed by atoms with Gasteiger partial charge in [-0.3, -0.25) is 4.99 Å². The Bertz CT molecular complexity index is 1100. The summed E-state index contributed by atoms with van der Waals surface area (Å²) >= 11 is 0. The Morgan fingerprint density at radius 1 is 1.03 bits per heavy atom. The van der Waals surface area contributed by atoms with E-state index in [2.05, 4.69) is 10.3 Å². The number of nitrogens with zero attached hydrogens (tertiary/aromatic N) is 2. The van der Waals surface area contributed by atoms with E-state index in [1.165, 1.54) is 6.26 Å². The Balaban J connectivity index is 2.50. The molecule has 0 amide bonds. The van der Waals surface area contributed by atoms with Crippen LogP contribution in [0.5, 0.6) is 5.75 Å². The zero-order valence-electron chi connectivity index (χ0n) is 19.0. The van der Waals surface area contributed by atoms with Crippen LogP contribution in [0.4, 0.5) is 17.1 Å². The lowest BCUT2D eigenvalue weighted by Crippen LogP contribution is -2.12. The predicted molar refractivity (Wildman–Crippen MR) is 126 cm³/mol. The average Bonchev–Trinajstić information content (AvgIpc) is 2.61. The Labute approximate surface area is 180 Å². The molecule has 0 spiro atoms. The highest BCUT2D eigenvalue weighted by atomic mass is 32.2. The van der Waals surface area contributed by atoms with Crippen molar-refractivity contribution in [2.24, 2.45) is 9.98 Å². The van der Waals surface area contributed by atoms with Gasteiger partial charge in [0.1, 0.15) is 11.6 Å². The molecule has 0 aliphatic rings. The smallest absolute Gasteiger partial charge is 0.175 e. The maximum absolute atomic E-state index is 12.0. The molecule has 6 nitrogen and oxygen atoms in total. The SMILES string of the molecule is CC(C)=Nc1ccc(C)c(N=C(C)Nc2cc(S(C)(=O)=O)ccc2OC(C)C)c1C. The molecule has 2 rings (SSSR count). The van der Waals surface area contributed by atoms with Crippen LogP contribution in [0, 0.1) is 13.8 Å². The number of anilines is 1. The third-order valence-corrected chi connectivity index (χ3v) is 5.40. The highest BCUT2D eigenvalue weighted by Crippen LogP contribution is 2.33. The van der Waals surface area contributed by atoms with Crippen LogP contribution in [-0.4, -0.2) is 32.3 Å². The molecule has 2 aromatic rings. The molecule has 0 unspecified atom stereocenters. The first-order valence-corrected chi connectivity index (χ1v) is 11.7. The average molecular weight is 430 g/mol. The highest BCUT2D eigenvalue weighted by molar-refractivity contribution is 7.90. The van der Waals surface area contributed by atoms with Crippen LogP contribution >= 0.6 is 0 Å². The van der Waals surface area contributed by atoms with E-state index >= 15 is 0 Å². The van der Waals surface area contributed by atoms with E-state index in [4.69, 9.17) is 9.73 Å². The number of ether oxygens (including phenoxy) is 1. The van der Waals surface area contributed by atoms with Crippen molar-refractivity contribution in [3.8, 4) is 5.75 Å². The lowest BCUT2D eigenvalue weighted by molar-refractivity contribution is 0.243. The molecule has 30 heavy (non-hydrogen) atoms. The van der Waals surface area contributed by atoms with Crippen molar-refractivity contribution in [2.75, 3.05) is 11.6 Å². The fourth-order valence-corrected chi connectivity index (χ4v) is 3.59. The molecule has 0 bridgehead atoms. The van der Waals surface area contributed by atoms with Crippen LogP contribution in [0.25, 0.3) is 0 Å². The van der Waals surface area contributed by atoms with Gasteiger partial charge < -0.3 is 10.1 Å². The van der Waals surface area contributed by atoms with Crippen molar-refractivity contribution < 1.29 is 13.2 Å². The summed E-state index contributed by atoms with van der Waals surface area (Å²) in [6, 6.07) is 8.78. The third kappa shape index (κ3) is 6.16. The minimum Gasteiger partial charge on any atom is -0.489 e. The molecule has 0 radical (unpaired) electrons. The van der Waals surface area contributed by atoms with Gasteiger partial charge in [-0.1, -0.05) is 6.07 Å². The van der Waals surface area contributed by atoms with Crippen LogP contribution in [-0.2, 0) is 9.84 Å². The van der Waals surface area contributed by atoms with Gasteiger partial charge in [0.15, 0.2) is 9.84 Å². The van der Waals surface area contributed by atoms with Gasteiger partial charge >= 0.3 is 0 Å². The van der Waals surface area contributed by atoms with Crippen molar-refractivity contribution in [3.05, 3.63) is 41.5 Å². The second-order valence-electron chi connectivity index (χ2n) is 7.85. The summed E-state index contributed by atoms with van der Waals surface area (Å²) in [6.45, 7) is 13.6. The molecule has 7 heteroatoms. The largest absolute Gasteiger partial charge is 0.489 e. The summed E-state index contributed by atoms with van der Waals surface area (Å²) in [5.74, 6) is 1.19. The first kappa shape index (κ1) is 23.6. The molecule has 2 aromatic carbocycles. The zero-order valence-corrected chi connectivity index (χ0v) is 19.8. The van der Waals surface area contributed by atoms with Crippen molar-refractivity contribution in [1.82, 2.24) is 0 Å². The maximum atomic E-state index is 12.0. The summed E-state index contributed by atoms with van der Waals surface area (Å²) < 4.78 is 29.8. The van der Waals surface area contributed by atoms with Crippen LogP contribution in [0.1, 0.15) is 45.7 Å². The molecular weight excluding hydrogens is 398 g/mol. The molecule has 0 aromatic heterocycles. The van der Waals surface area contributed by atoms with E-state index in [1.807, 2.05) is 60.6 Å². The van der Waals surface area contributed by atoms with Gasteiger partial charge in [-0.15, -0.1) is 0 Å². The molecule has 0 heterocycles. The van der Waals surface area contributed by atoms with Crippen LogP contribution in [0.2, 0.25) is 0 Å². The number of rotatable bonds is 6. The monoisotopic (exact) mass is 429 g/mol. The van der Waals surface area contributed by atoms with E-state index in [0.29, 0.717) is 17.3 Å². The lowest BCUT2D eigenvalue weighted by Gasteiger charge is -2.17. The van der Waals surface area contributed by atoms with Gasteiger partial charge in [-0.25, -0.2) is 13.4 Å². The van der Waals surface area contributed by atoms with E-state index < -0.39 is 9.84 Å². The fraction of sp³-hybridized carbons (Fsp3) is 0.391. The van der Waals surface area contributed by atoms with E-state index in [1.54, 1.807) is 18.2 Å². The zero-order chi connectivity index (χ0) is 22.6. The number of sulfone groups is 1. The molecule has 1 N–H and O–H groups in total. The Morgan fingerprint density at radius 2 is 1.70 bits per heavy atom. The second kappa shape index (κ2) is 9.43. The van der Waals surface area contributed by atoms with E-state index in [0.717, 1.165) is 28.2 Å². The summed E-state index contributed by atoms with van der Waals surface area (Å²) in [5, 5.41) is 3.22. The molecule has 0 fully saturated rings. The van der Waals surface area contributed by atoms with Gasteiger partial charge in [0.25, 0.3) is 0 Å². The van der Waals surface area contributed by atoms with Crippen molar-refractivity contribution in [2.45, 2.75) is 59.5 Å². The fourth-order valence-electron chi connectivity index (χ4n) is 2.94. The van der Waals surface area contributed by atoms with E-state index in [-0.39, 0.29) is 11.0 Å². The molecule has 162 valence electrons. The second-order valence-corrected chi connectivity index (χ2v) is 9.87. The number of aryl methyl sites for hydroxylation is 1. The molecule has 0 aliphatic heterocycles. The lowest BCUT2D eigenvalue weighted by atomic mass is 10.1. The van der Waals surface area contributed by atoms with Crippen molar-refractivity contribution >= 4 is 38.4 Å². The van der Waals surface area contributed by atoms with Crippen LogP contribution in [0.15, 0.2) is 45.2 Å². The third-order valence-electron chi connectivity index (χ3n) is 4.29. The summed E-state index contributed by atoms with van der Waals surface area (Å²) in [4.78, 5) is 9.56. The maximum Gasteiger partial charge on any atom is 0.175 e. The topological polar surface area (TPSA) is 80.1 Å². The van der Waals surface area contributed by atoms with E-state index in [9.17, 15) is 8.42 Å². The summed E-state index contributed by atoms with van der Waals surface area (Å²) in [7, 11) is -3.35. The van der Waals surface area contributed by atoms with Crippen molar-refractivity contribution in [1.29, 1.82) is 0 Å². The number of hydrogen-bond acceptors (Lipinski definition) is 5. The van der Waals surface area contributed by atoms with Gasteiger partial charge in [-0.05, 0) is 78.3 Å². The normalized spacial score (nSPS) is 12.1. The summed E-state index contributed by atoms with van der Waals surface area (Å²) in [6.07, 6.45) is 1.13. The number of amidine groups is 1. The number of nitrogens with one attached hydrogen (secondary N) is 1. The summed E-state index contributed by atoms with van der Waals surface area (Å²) in [5.41, 5.74) is 5.27. The first-order chi connectivity index (χ1) is 13.9. The quantitative estimate of drug-likeness (QED) is 0.467. The number of hydrogen-bond donors (Lipinski definition) is 1. The molecule has 0 saturated heterocycles. The Kier molecular flexibility index (Phi) is 7.42. The highest BCUT2D eigenvalue weighted by Gasteiger charge is 2.14. The number of benzene rings is 2. The first-order valence-electron chi connectivity index (χ1n) is 9.83. The van der Waals surface area contributed by atoms with Gasteiger partial charge in [0.05, 0.1) is 28.1 Å². The van der Waals surface area contributed by atoms with Crippen LogP contribution in [0.3, 0.4) is 0 Å². The minimum absolute atomic E-state index is 0.0526. The van der Waals surface area contributed by atoms with Crippen molar-refractivity contribution in [3.63, 3.8) is 0 Å². The molecule has 0 aliphatic carbocycles. The van der Waals surface area contributed by atoms with Gasteiger partial charge in [0, 0.05) is 17.5 Å². The standard InChI is InChI=1S/C23H31N3O3S/c1-14(2)24-20-11-9-16(5)23(17(20)6)26-18(7)25-21-13-19(30(8,27)28)10-12-22(21)29-15(3)4/h9-13,15H,1-8H3,(H,25,26). The Hall–Kier alpha value is -2.67. The molecular formula is C23H31N3O3S. The minimum atomic E-state index is -3.35. The van der Waals surface area contributed by atoms with Gasteiger partial charge in [-0.2, -0.15) is 0 Å². The van der Waals surface area contributed by atoms with Crippen LogP contribution < -0.4 is 10.1 Å². The van der Waals surface area contributed by atoms with Gasteiger partial charge in [0.2, 0.25) is 0 Å². The number of aliphatic imine (C=N–C) groups is 2. The Morgan fingerprint density at radius 3 is 2.27 bits per heavy atom. The molecule has 0 atom stereocenters. The predicted octanol–water partition coefficient (Wildman–Crippen LogP) is 5.77. The molecule has 0 saturated carbocycles.